The Morgan fingerprint density at radius 1 is 1.18 bits per heavy atom. The number of azide groups is 1. The molecular formula is C27H37N7O4. The number of rotatable bonds is 8. The van der Waals surface area contributed by atoms with Crippen LogP contribution in [0.25, 0.3) is 10.4 Å². The van der Waals surface area contributed by atoms with Crippen LogP contribution < -0.4 is 10.2 Å². The number of nitrogens with one attached hydrogen (secondary N) is 1. The van der Waals surface area contributed by atoms with E-state index in [9.17, 15) is 14.4 Å². The second-order valence-electron chi connectivity index (χ2n) is 10.9. The predicted molar refractivity (Wildman–Crippen MR) is 142 cm³/mol. The van der Waals surface area contributed by atoms with Crippen LogP contribution in [0, 0.1) is 5.92 Å². The Labute approximate surface area is 223 Å². The molecule has 1 saturated carbocycles. The van der Waals surface area contributed by atoms with Gasteiger partial charge in [-0.2, -0.15) is 0 Å². The van der Waals surface area contributed by atoms with Crippen LogP contribution in [0.5, 0.6) is 0 Å². The number of carbonyl (C=O) groups is 3. The number of nitrogens with zero attached hydrogens (tertiary/aromatic N) is 6. The van der Waals surface area contributed by atoms with E-state index in [1.54, 1.807) is 12.1 Å². The molecule has 0 spiro atoms. The Kier molecular flexibility index (Phi) is 7.88. The molecule has 0 bridgehead atoms. The van der Waals surface area contributed by atoms with Crippen LogP contribution in [0.1, 0.15) is 49.9 Å². The van der Waals surface area contributed by atoms with Crippen LogP contribution in [-0.2, 0) is 14.3 Å². The quantitative estimate of drug-likeness (QED) is 0.316. The molecule has 11 nitrogen and oxygen atoms in total. The zero-order chi connectivity index (χ0) is 26.8. The summed E-state index contributed by atoms with van der Waals surface area (Å²) in [7, 11) is 0. The standard InChI is InChI=1S/C27H37N7O4/c1-3-17(2)23(27(37)34-15-21(30-31-28)25-24(34)22(35)16-38-25)29-26(36)18-7-9-20(10-8-18)33-13-11-32(12-14-33)19-5-4-6-19/h7-10,17,19,21,23-25H,3-6,11-16H2,1-2H3,(H,29,36)/t17-,21-,23-,24+,25+/m0/s1. The first-order chi connectivity index (χ1) is 18.4. The van der Waals surface area contributed by atoms with Crippen LogP contribution in [0.15, 0.2) is 29.4 Å². The summed E-state index contributed by atoms with van der Waals surface area (Å²) in [6.07, 6.45) is 4.01. The first kappa shape index (κ1) is 26.5. The maximum absolute atomic E-state index is 13.7. The van der Waals surface area contributed by atoms with E-state index in [4.69, 9.17) is 10.3 Å². The lowest BCUT2D eigenvalue weighted by Crippen LogP contribution is -2.54. The molecule has 0 aromatic heterocycles. The number of fused-ring (bicyclic) bond motifs is 1. The van der Waals surface area contributed by atoms with Gasteiger partial charge >= 0.3 is 0 Å². The second kappa shape index (κ2) is 11.3. The molecule has 0 unspecified atom stereocenters. The second-order valence-corrected chi connectivity index (χ2v) is 10.9. The largest absolute Gasteiger partial charge is 0.369 e. The van der Waals surface area contributed by atoms with Crippen molar-refractivity contribution in [2.24, 2.45) is 11.0 Å². The third kappa shape index (κ3) is 5.10. The normalized spacial score (nSPS) is 27.3. The molecule has 1 aromatic rings. The van der Waals surface area contributed by atoms with Gasteiger partial charge in [0.05, 0.1) is 12.1 Å². The zero-order valence-electron chi connectivity index (χ0n) is 22.2. The minimum atomic E-state index is -0.814. The van der Waals surface area contributed by atoms with Crippen LogP contribution in [0.4, 0.5) is 5.69 Å². The summed E-state index contributed by atoms with van der Waals surface area (Å²) >= 11 is 0. The van der Waals surface area contributed by atoms with Gasteiger partial charge in [-0.15, -0.1) is 0 Å². The van der Waals surface area contributed by atoms with E-state index >= 15 is 0 Å². The smallest absolute Gasteiger partial charge is 0.251 e. The molecule has 3 heterocycles. The molecule has 1 aromatic carbocycles. The molecule has 2 amide bonds. The summed E-state index contributed by atoms with van der Waals surface area (Å²) in [6, 6.07) is 6.09. The average Bonchev–Trinajstić information content (AvgIpc) is 3.47. The zero-order valence-corrected chi connectivity index (χ0v) is 22.2. The fourth-order valence-electron chi connectivity index (χ4n) is 6.03. The summed E-state index contributed by atoms with van der Waals surface area (Å²) in [4.78, 5) is 48.7. The summed E-state index contributed by atoms with van der Waals surface area (Å²) in [5.74, 6) is -1.05. The van der Waals surface area contributed by atoms with Crippen molar-refractivity contribution in [1.82, 2.24) is 15.1 Å². The lowest BCUT2D eigenvalue weighted by molar-refractivity contribution is -0.139. The maximum atomic E-state index is 13.7. The summed E-state index contributed by atoms with van der Waals surface area (Å²) in [5, 5.41) is 6.67. The minimum absolute atomic E-state index is 0.0927. The Hall–Kier alpha value is -3.14. The van der Waals surface area contributed by atoms with Gasteiger partial charge < -0.3 is 19.9 Å². The number of hydrogen-bond acceptors (Lipinski definition) is 7. The number of ether oxygens (including phenoxy) is 1. The first-order valence-corrected chi connectivity index (χ1v) is 13.8. The van der Waals surface area contributed by atoms with Crippen LogP contribution in [0.2, 0.25) is 0 Å². The van der Waals surface area contributed by atoms with Crippen LogP contribution in [-0.4, -0.2) is 97.0 Å². The predicted octanol–water partition coefficient (Wildman–Crippen LogP) is 2.36. The summed E-state index contributed by atoms with van der Waals surface area (Å²) in [6.45, 7) is 7.93. The molecule has 1 N–H and O–H groups in total. The molecule has 38 heavy (non-hydrogen) atoms. The van der Waals surface area contributed by atoms with Crippen molar-refractivity contribution in [3.05, 3.63) is 40.3 Å². The number of amides is 2. The number of benzene rings is 1. The Morgan fingerprint density at radius 3 is 2.50 bits per heavy atom. The van der Waals surface area contributed by atoms with Gasteiger partial charge in [0.15, 0.2) is 5.78 Å². The maximum Gasteiger partial charge on any atom is 0.251 e. The number of hydrogen-bond donors (Lipinski definition) is 1. The molecule has 3 aliphatic heterocycles. The van der Waals surface area contributed by atoms with Crippen LogP contribution >= 0.6 is 0 Å². The van der Waals surface area contributed by atoms with E-state index in [2.05, 4.69) is 25.1 Å². The Balaban J connectivity index is 1.24. The van der Waals surface area contributed by atoms with Gasteiger partial charge in [0.25, 0.3) is 5.91 Å². The van der Waals surface area contributed by atoms with Gasteiger partial charge in [0.2, 0.25) is 5.91 Å². The molecule has 0 radical (unpaired) electrons. The molecule has 1 aliphatic carbocycles. The lowest BCUT2D eigenvalue weighted by atomic mass is 9.91. The van der Waals surface area contributed by atoms with Crippen molar-refractivity contribution in [3.63, 3.8) is 0 Å². The number of piperazine rings is 1. The number of likely N-dealkylation sites (tertiary alicyclic amines) is 1. The molecule has 5 atom stereocenters. The number of Topliss-reactive ketones (excluding diaryl/α,β-unsaturated/α-hetero) is 1. The van der Waals surface area contributed by atoms with E-state index in [0.717, 1.165) is 37.9 Å². The number of ketones is 1. The summed E-state index contributed by atoms with van der Waals surface area (Å²) in [5.41, 5.74) is 10.5. The highest BCUT2D eigenvalue weighted by Gasteiger charge is 2.53. The fourth-order valence-corrected chi connectivity index (χ4v) is 6.03. The highest BCUT2D eigenvalue weighted by Crippen LogP contribution is 2.31. The van der Waals surface area contributed by atoms with Crippen molar-refractivity contribution >= 4 is 23.3 Å². The van der Waals surface area contributed by atoms with Gasteiger partial charge in [-0.05, 0) is 48.6 Å². The topological polar surface area (TPSA) is 131 Å². The van der Waals surface area contributed by atoms with E-state index in [-0.39, 0.29) is 36.7 Å². The molecule has 5 rings (SSSR count). The molecule has 4 fully saturated rings. The van der Waals surface area contributed by atoms with Gasteiger partial charge in [-0.25, -0.2) is 0 Å². The van der Waals surface area contributed by atoms with Gasteiger partial charge in [-0.1, -0.05) is 31.8 Å². The molecule has 11 heteroatoms. The SMILES string of the molecule is CC[C@H](C)[C@H](NC(=O)c1ccc(N2CCN(C3CCC3)CC2)cc1)C(=O)N1C[C@H](N=[N+]=[N-])[C@H]2OCC(=O)[C@H]21. The highest BCUT2D eigenvalue weighted by atomic mass is 16.5. The van der Waals surface area contributed by atoms with Crippen LogP contribution in [0.3, 0.4) is 0 Å². The Bertz CT molecular complexity index is 1090. The van der Waals surface area contributed by atoms with Gasteiger partial charge in [0.1, 0.15) is 18.7 Å². The van der Waals surface area contributed by atoms with Crippen molar-refractivity contribution in [2.75, 3.05) is 44.2 Å². The van der Waals surface area contributed by atoms with Crippen molar-refractivity contribution in [2.45, 2.75) is 69.8 Å². The highest BCUT2D eigenvalue weighted by molar-refractivity contribution is 5.99. The van der Waals surface area contributed by atoms with Crippen molar-refractivity contribution in [3.8, 4) is 0 Å². The fraction of sp³-hybridized carbons (Fsp3) is 0.667. The molecule has 4 aliphatic rings. The van der Waals surface area contributed by atoms with E-state index in [0.29, 0.717) is 12.0 Å². The van der Waals surface area contributed by atoms with Gasteiger partial charge in [0, 0.05) is 54.9 Å². The third-order valence-electron chi connectivity index (χ3n) is 8.81. The molecule has 204 valence electrons. The summed E-state index contributed by atoms with van der Waals surface area (Å²) < 4.78 is 5.54. The number of carbonyl (C=O) groups excluding carboxylic acids is 3. The first-order valence-electron chi connectivity index (χ1n) is 13.8. The Morgan fingerprint density at radius 2 is 1.89 bits per heavy atom. The van der Waals surface area contributed by atoms with Crippen molar-refractivity contribution in [1.29, 1.82) is 0 Å². The molecular weight excluding hydrogens is 486 g/mol. The van der Waals surface area contributed by atoms with E-state index in [1.807, 2.05) is 26.0 Å². The van der Waals surface area contributed by atoms with E-state index < -0.39 is 24.2 Å². The molecule has 3 saturated heterocycles. The monoisotopic (exact) mass is 523 g/mol. The van der Waals surface area contributed by atoms with E-state index in [1.165, 1.54) is 24.2 Å². The minimum Gasteiger partial charge on any atom is -0.369 e. The van der Waals surface area contributed by atoms with Gasteiger partial charge in [-0.3, -0.25) is 19.3 Å². The average molecular weight is 524 g/mol. The lowest BCUT2D eigenvalue weighted by Gasteiger charge is -2.43. The number of anilines is 1. The third-order valence-corrected chi connectivity index (χ3v) is 8.81. The van der Waals surface area contributed by atoms with Crippen molar-refractivity contribution < 1.29 is 19.1 Å².